The summed E-state index contributed by atoms with van der Waals surface area (Å²) in [5.74, 6) is 0.120. The minimum atomic E-state index is -0.116. The van der Waals surface area contributed by atoms with Crippen molar-refractivity contribution in [2.75, 3.05) is 6.54 Å². The first-order chi connectivity index (χ1) is 9.16. The Hall–Kier alpha value is -1.84. The number of fused-ring (bicyclic) bond motifs is 1. The molecule has 3 rings (SSSR count). The number of carbonyl (C=O) groups excluding carboxylic acids is 1. The molecular formula is C15H19N3O. The van der Waals surface area contributed by atoms with Crippen LogP contribution in [0.4, 0.5) is 0 Å². The normalized spacial score (nSPS) is 20.3. The summed E-state index contributed by atoms with van der Waals surface area (Å²) >= 11 is 0. The summed E-state index contributed by atoms with van der Waals surface area (Å²) in [6.45, 7) is 4.98. The quantitative estimate of drug-likeness (QED) is 0.853. The van der Waals surface area contributed by atoms with E-state index in [2.05, 4.69) is 36.3 Å². The van der Waals surface area contributed by atoms with Crippen LogP contribution in [0, 0.1) is 13.8 Å². The largest absolute Gasteiger partial charge is 0.354 e. The monoisotopic (exact) mass is 257 g/mol. The van der Waals surface area contributed by atoms with E-state index in [9.17, 15) is 4.79 Å². The van der Waals surface area contributed by atoms with Crippen LogP contribution in [0.1, 0.15) is 36.4 Å². The van der Waals surface area contributed by atoms with Crippen LogP contribution in [0.15, 0.2) is 18.5 Å². The van der Waals surface area contributed by atoms with Gasteiger partial charge in [-0.15, -0.1) is 0 Å². The van der Waals surface area contributed by atoms with Crippen LogP contribution < -0.4 is 5.32 Å². The molecule has 0 bridgehead atoms. The van der Waals surface area contributed by atoms with Crippen LogP contribution >= 0.6 is 0 Å². The van der Waals surface area contributed by atoms with Crippen molar-refractivity contribution in [3.63, 3.8) is 0 Å². The van der Waals surface area contributed by atoms with E-state index in [-0.39, 0.29) is 11.9 Å². The number of amides is 1. The van der Waals surface area contributed by atoms with Crippen LogP contribution in [0.5, 0.6) is 0 Å². The molecule has 1 aromatic carbocycles. The molecular weight excluding hydrogens is 238 g/mol. The maximum atomic E-state index is 12.1. The molecule has 4 heteroatoms. The molecule has 100 valence electrons. The fourth-order valence-corrected chi connectivity index (χ4v) is 2.72. The Bertz CT molecular complexity index is 630. The molecule has 1 saturated heterocycles. The van der Waals surface area contributed by atoms with E-state index >= 15 is 0 Å². The van der Waals surface area contributed by atoms with Crippen LogP contribution in [-0.4, -0.2) is 22.0 Å². The van der Waals surface area contributed by atoms with E-state index in [4.69, 9.17) is 0 Å². The fourth-order valence-electron chi connectivity index (χ4n) is 2.72. The van der Waals surface area contributed by atoms with Gasteiger partial charge in [-0.1, -0.05) is 0 Å². The summed E-state index contributed by atoms with van der Waals surface area (Å²) in [5, 5.41) is 2.99. The number of benzene rings is 1. The van der Waals surface area contributed by atoms with E-state index in [0.29, 0.717) is 0 Å². The topological polar surface area (TPSA) is 46.9 Å². The molecule has 1 atom stereocenters. The second kappa shape index (κ2) is 4.68. The van der Waals surface area contributed by atoms with Gasteiger partial charge in [0.25, 0.3) is 0 Å². The molecule has 1 amide bonds. The lowest BCUT2D eigenvalue weighted by Crippen LogP contribution is -2.30. The van der Waals surface area contributed by atoms with Crippen molar-refractivity contribution in [1.82, 2.24) is 14.9 Å². The zero-order chi connectivity index (χ0) is 13.4. The van der Waals surface area contributed by atoms with Gasteiger partial charge < -0.3 is 9.88 Å². The highest BCUT2D eigenvalue weighted by Gasteiger charge is 2.23. The van der Waals surface area contributed by atoms with Crippen molar-refractivity contribution in [1.29, 1.82) is 0 Å². The number of rotatable bonds is 1. The average Bonchev–Trinajstić information content (AvgIpc) is 2.64. The summed E-state index contributed by atoms with van der Waals surface area (Å²) in [6.07, 6.45) is 4.84. The van der Waals surface area contributed by atoms with Gasteiger partial charge in [0.1, 0.15) is 6.04 Å². The second-order valence-corrected chi connectivity index (χ2v) is 5.38. The Balaban J connectivity index is 2.09. The van der Waals surface area contributed by atoms with Crippen molar-refractivity contribution >= 4 is 16.9 Å². The van der Waals surface area contributed by atoms with E-state index in [0.717, 1.165) is 36.8 Å². The minimum Gasteiger partial charge on any atom is -0.354 e. The number of carbonyl (C=O) groups is 1. The van der Waals surface area contributed by atoms with Gasteiger partial charge in [0.2, 0.25) is 5.91 Å². The van der Waals surface area contributed by atoms with Crippen molar-refractivity contribution in [2.45, 2.75) is 39.2 Å². The third kappa shape index (κ3) is 2.11. The van der Waals surface area contributed by atoms with Crippen LogP contribution in [0.2, 0.25) is 0 Å². The van der Waals surface area contributed by atoms with E-state index < -0.39 is 0 Å². The van der Waals surface area contributed by atoms with Crippen LogP contribution in [0.25, 0.3) is 11.0 Å². The zero-order valence-corrected chi connectivity index (χ0v) is 11.4. The number of hydrogen-bond acceptors (Lipinski definition) is 2. The van der Waals surface area contributed by atoms with Crippen molar-refractivity contribution < 1.29 is 4.79 Å². The number of nitrogens with zero attached hydrogens (tertiary/aromatic N) is 2. The second-order valence-electron chi connectivity index (χ2n) is 5.38. The first-order valence-electron chi connectivity index (χ1n) is 6.88. The molecule has 2 aromatic rings. The van der Waals surface area contributed by atoms with Gasteiger partial charge in [-0.3, -0.25) is 4.79 Å². The van der Waals surface area contributed by atoms with Gasteiger partial charge in [-0.2, -0.15) is 0 Å². The maximum Gasteiger partial charge on any atom is 0.243 e. The molecule has 0 spiro atoms. The van der Waals surface area contributed by atoms with E-state index in [1.165, 1.54) is 11.1 Å². The Kier molecular flexibility index (Phi) is 3.01. The lowest BCUT2D eigenvalue weighted by atomic mass is 10.1. The fraction of sp³-hybridized carbons (Fsp3) is 0.467. The summed E-state index contributed by atoms with van der Waals surface area (Å²) in [4.78, 5) is 16.6. The SMILES string of the molecule is Cc1cc2ncn(C3CCCCNC3=O)c2cc1C. The average molecular weight is 257 g/mol. The molecule has 1 aliphatic heterocycles. The summed E-state index contributed by atoms with van der Waals surface area (Å²) in [7, 11) is 0. The Morgan fingerprint density at radius 1 is 1.26 bits per heavy atom. The molecule has 1 aliphatic rings. The number of aryl methyl sites for hydroxylation is 2. The third-order valence-electron chi connectivity index (χ3n) is 4.03. The molecule has 4 nitrogen and oxygen atoms in total. The molecule has 0 radical (unpaired) electrons. The highest BCUT2D eigenvalue weighted by molar-refractivity contribution is 5.84. The third-order valence-corrected chi connectivity index (χ3v) is 4.03. The number of imidazole rings is 1. The number of aromatic nitrogens is 2. The predicted octanol–water partition coefficient (Wildman–Crippen LogP) is 2.49. The maximum absolute atomic E-state index is 12.1. The van der Waals surface area contributed by atoms with Gasteiger partial charge in [-0.05, 0) is 56.4 Å². The van der Waals surface area contributed by atoms with Gasteiger partial charge in [0.05, 0.1) is 17.4 Å². The molecule has 1 N–H and O–H groups in total. The van der Waals surface area contributed by atoms with Gasteiger partial charge in [0.15, 0.2) is 0 Å². The van der Waals surface area contributed by atoms with Crippen molar-refractivity contribution in [3.05, 3.63) is 29.6 Å². The smallest absolute Gasteiger partial charge is 0.243 e. The molecule has 2 heterocycles. The first kappa shape index (κ1) is 12.2. The van der Waals surface area contributed by atoms with Crippen molar-refractivity contribution in [2.24, 2.45) is 0 Å². The molecule has 1 unspecified atom stereocenters. The standard InChI is InChI=1S/C15H19N3O/c1-10-7-12-14(8-11(10)2)18(9-17-12)13-5-3-4-6-16-15(13)19/h7-9,13H,3-6H2,1-2H3,(H,16,19). The minimum absolute atomic E-state index is 0.116. The summed E-state index contributed by atoms with van der Waals surface area (Å²) in [6, 6.07) is 4.11. The highest BCUT2D eigenvalue weighted by Crippen LogP contribution is 2.25. The first-order valence-corrected chi connectivity index (χ1v) is 6.88. The summed E-state index contributed by atoms with van der Waals surface area (Å²) < 4.78 is 2.03. The van der Waals surface area contributed by atoms with Crippen LogP contribution in [-0.2, 0) is 4.79 Å². The Morgan fingerprint density at radius 2 is 2.05 bits per heavy atom. The number of nitrogens with one attached hydrogen (secondary N) is 1. The molecule has 0 aliphatic carbocycles. The number of hydrogen-bond donors (Lipinski definition) is 1. The Morgan fingerprint density at radius 3 is 2.89 bits per heavy atom. The highest BCUT2D eigenvalue weighted by atomic mass is 16.2. The lowest BCUT2D eigenvalue weighted by Gasteiger charge is -2.16. The molecule has 0 saturated carbocycles. The molecule has 1 fully saturated rings. The van der Waals surface area contributed by atoms with E-state index in [1.54, 1.807) is 6.33 Å². The zero-order valence-electron chi connectivity index (χ0n) is 11.4. The van der Waals surface area contributed by atoms with Gasteiger partial charge >= 0.3 is 0 Å². The predicted molar refractivity (Wildman–Crippen MR) is 75.1 cm³/mol. The lowest BCUT2D eigenvalue weighted by molar-refractivity contribution is -0.123. The van der Waals surface area contributed by atoms with Gasteiger partial charge in [-0.25, -0.2) is 4.98 Å². The van der Waals surface area contributed by atoms with Crippen molar-refractivity contribution in [3.8, 4) is 0 Å². The Labute approximate surface area is 112 Å². The van der Waals surface area contributed by atoms with Crippen LogP contribution in [0.3, 0.4) is 0 Å². The molecule has 19 heavy (non-hydrogen) atoms. The summed E-state index contributed by atoms with van der Waals surface area (Å²) in [5.41, 5.74) is 4.51. The van der Waals surface area contributed by atoms with E-state index in [1.807, 2.05) is 4.57 Å². The molecule has 1 aromatic heterocycles. The van der Waals surface area contributed by atoms with Gasteiger partial charge in [0, 0.05) is 6.54 Å².